The van der Waals surface area contributed by atoms with Gasteiger partial charge in [-0.05, 0) is 49.4 Å². The predicted molar refractivity (Wildman–Crippen MR) is 85.8 cm³/mol. The number of fused-ring (bicyclic) bond motifs is 1. The minimum Gasteiger partial charge on any atom is -0.504 e. The standard InChI is InChI=1S/C16H16N2O3S/c19-12-6-3-5-11(15(12)20)9-17-18-16(21)14-8-10-4-1-2-7-13(10)22-14/h3,5-6,8-9,19-20H,1-2,4,7H2,(H,18,21)/b17-9+. The highest BCUT2D eigenvalue weighted by atomic mass is 32.1. The van der Waals surface area contributed by atoms with E-state index in [2.05, 4.69) is 10.5 Å². The zero-order valence-corrected chi connectivity index (χ0v) is 12.7. The number of aromatic hydroxyl groups is 2. The Morgan fingerprint density at radius 3 is 2.91 bits per heavy atom. The number of aryl methyl sites for hydroxylation is 2. The number of phenolic OH excluding ortho intramolecular Hbond substituents is 2. The minimum atomic E-state index is -0.257. The normalized spacial score (nSPS) is 14.0. The molecule has 1 aromatic heterocycles. The summed E-state index contributed by atoms with van der Waals surface area (Å²) in [5.74, 6) is -0.733. The third-order valence-electron chi connectivity index (χ3n) is 3.64. The van der Waals surface area contributed by atoms with Gasteiger partial charge in [-0.25, -0.2) is 5.43 Å². The van der Waals surface area contributed by atoms with Crippen LogP contribution in [0.25, 0.3) is 0 Å². The number of phenols is 2. The molecule has 114 valence electrons. The van der Waals surface area contributed by atoms with Gasteiger partial charge in [0.1, 0.15) is 0 Å². The number of thiophene rings is 1. The van der Waals surface area contributed by atoms with Gasteiger partial charge in [-0.3, -0.25) is 4.79 Å². The minimum absolute atomic E-state index is 0.221. The summed E-state index contributed by atoms with van der Waals surface area (Å²) >= 11 is 1.52. The molecule has 6 heteroatoms. The Labute approximate surface area is 131 Å². The highest BCUT2D eigenvalue weighted by molar-refractivity contribution is 7.14. The first kappa shape index (κ1) is 14.6. The number of amides is 1. The van der Waals surface area contributed by atoms with Crippen LogP contribution in [0.4, 0.5) is 0 Å². The van der Waals surface area contributed by atoms with Gasteiger partial charge in [-0.15, -0.1) is 11.3 Å². The summed E-state index contributed by atoms with van der Waals surface area (Å²) in [5.41, 5.74) is 4.06. The van der Waals surface area contributed by atoms with Crippen molar-refractivity contribution in [2.45, 2.75) is 25.7 Å². The van der Waals surface area contributed by atoms with Crippen molar-refractivity contribution in [3.05, 3.63) is 45.1 Å². The monoisotopic (exact) mass is 316 g/mol. The van der Waals surface area contributed by atoms with Gasteiger partial charge in [-0.1, -0.05) is 6.07 Å². The van der Waals surface area contributed by atoms with E-state index in [9.17, 15) is 15.0 Å². The smallest absolute Gasteiger partial charge is 0.281 e. The van der Waals surface area contributed by atoms with Crippen LogP contribution < -0.4 is 5.43 Å². The average molecular weight is 316 g/mol. The van der Waals surface area contributed by atoms with Crippen molar-refractivity contribution in [3.63, 3.8) is 0 Å². The second-order valence-corrected chi connectivity index (χ2v) is 6.32. The Balaban J connectivity index is 1.68. The number of para-hydroxylation sites is 1. The molecule has 22 heavy (non-hydrogen) atoms. The first-order valence-electron chi connectivity index (χ1n) is 7.11. The van der Waals surface area contributed by atoms with Crippen molar-refractivity contribution >= 4 is 23.5 Å². The largest absolute Gasteiger partial charge is 0.504 e. The van der Waals surface area contributed by atoms with Crippen LogP contribution in [-0.2, 0) is 12.8 Å². The zero-order chi connectivity index (χ0) is 15.5. The molecule has 0 fully saturated rings. The van der Waals surface area contributed by atoms with Crippen LogP contribution >= 0.6 is 11.3 Å². The highest BCUT2D eigenvalue weighted by Crippen LogP contribution is 2.29. The van der Waals surface area contributed by atoms with E-state index in [1.54, 1.807) is 12.1 Å². The van der Waals surface area contributed by atoms with Crippen LogP contribution in [0.1, 0.15) is 38.5 Å². The number of benzene rings is 1. The van der Waals surface area contributed by atoms with E-state index in [1.165, 1.54) is 46.9 Å². The van der Waals surface area contributed by atoms with Crippen LogP contribution in [0, 0.1) is 0 Å². The number of carbonyl (C=O) groups is 1. The number of nitrogens with zero attached hydrogens (tertiary/aromatic N) is 1. The predicted octanol–water partition coefficient (Wildman–Crippen LogP) is 2.80. The fourth-order valence-electron chi connectivity index (χ4n) is 2.47. The molecule has 0 saturated carbocycles. The van der Waals surface area contributed by atoms with E-state index in [0.29, 0.717) is 10.4 Å². The summed E-state index contributed by atoms with van der Waals surface area (Å²) in [5, 5.41) is 22.9. The molecule has 0 aliphatic heterocycles. The van der Waals surface area contributed by atoms with Crippen molar-refractivity contribution in [3.8, 4) is 11.5 Å². The number of rotatable bonds is 3. The van der Waals surface area contributed by atoms with Crippen LogP contribution in [0.2, 0.25) is 0 Å². The summed E-state index contributed by atoms with van der Waals surface area (Å²) in [7, 11) is 0. The third-order valence-corrected chi connectivity index (χ3v) is 4.87. The maximum atomic E-state index is 12.1. The first-order valence-corrected chi connectivity index (χ1v) is 7.93. The van der Waals surface area contributed by atoms with Crippen LogP contribution in [-0.4, -0.2) is 22.3 Å². The summed E-state index contributed by atoms with van der Waals surface area (Å²) < 4.78 is 0. The van der Waals surface area contributed by atoms with Crippen molar-refractivity contribution < 1.29 is 15.0 Å². The Kier molecular flexibility index (Phi) is 4.11. The molecule has 0 saturated heterocycles. The van der Waals surface area contributed by atoms with E-state index in [4.69, 9.17) is 0 Å². The molecule has 1 aromatic carbocycles. The SMILES string of the molecule is O=C(N/N=C/c1cccc(O)c1O)c1cc2c(s1)CCCC2. The van der Waals surface area contributed by atoms with E-state index in [0.717, 1.165) is 12.8 Å². The van der Waals surface area contributed by atoms with Gasteiger partial charge in [0.2, 0.25) is 0 Å². The lowest BCUT2D eigenvalue weighted by atomic mass is 9.99. The second-order valence-electron chi connectivity index (χ2n) is 5.18. The second kappa shape index (κ2) is 6.19. The molecule has 3 rings (SSSR count). The quantitative estimate of drug-likeness (QED) is 0.462. The maximum absolute atomic E-state index is 12.1. The topological polar surface area (TPSA) is 81.9 Å². The van der Waals surface area contributed by atoms with E-state index in [1.807, 2.05) is 6.07 Å². The van der Waals surface area contributed by atoms with Gasteiger partial charge in [-0.2, -0.15) is 5.10 Å². The van der Waals surface area contributed by atoms with Crippen LogP contribution in [0.15, 0.2) is 29.4 Å². The van der Waals surface area contributed by atoms with Crippen molar-refractivity contribution in [2.75, 3.05) is 0 Å². The molecular weight excluding hydrogens is 300 g/mol. The van der Waals surface area contributed by atoms with E-state index >= 15 is 0 Å². The van der Waals surface area contributed by atoms with E-state index in [-0.39, 0.29) is 17.4 Å². The van der Waals surface area contributed by atoms with Crippen molar-refractivity contribution in [2.24, 2.45) is 5.10 Å². The average Bonchev–Trinajstić information content (AvgIpc) is 2.95. The molecule has 0 radical (unpaired) electrons. The Hall–Kier alpha value is -2.34. The van der Waals surface area contributed by atoms with Crippen LogP contribution in [0.5, 0.6) is 11.5 Å². The molecule has 1 amide bonds. The number of hydrogen-bond acceptors (Lipinski definition) is 5. The zero-order valence-electron chi connectivity index (χ0n) is 11.9. The van der Waals surface area contributed by atoms with Gasteiger partial charge >= 0.3 is 0 Å². The summed E-state index contributed by atoms with van der Waals surface area (Å²) in [4.78, 5) is 14.0. The molecule has 0 unspecified atom stereocenters. The van der Waals surface area contributed by atoms with Crippen molar-refractivity contribution in [1.82, 2.24) is 5.43 Å². The fraction of sp³-hybridized carbons (Fsp3) is 0.250. The lowest BCUT2D eigenvalue weighted by molar-refractivity contribution is 0.0959. The number of carbonyl (C=O) groups excluding carboxylic acids is 1. The Morgan fingerprint density at radius 1 is 1.27 bits per heavy atom. The molecule has 5 nitrogen and oxygen atoms in total. The molecule has 1 aliphatic carbocycles. The lowest BCUT2D eigenvalue weighted by Crippen LogP contribution is -2.16. The third kappa shape index (κ3) is 2.96. The fourth-order valence-corrected chi connectivity index (χ4v) is 3.61. The number of hydrazone groups is 1. The molecule has 1 aliphatic rings. The highest BCUT2D eigenvalue weighted by Gasteiger charge is 2.16. The molecule has 2 aromatic rings. The van der Waals surface area contributed by atoms with Crippen LogP contribution in [0.3, 0.4) is 0 Å². The molecule has 0 atom stereocenters. The molecule has 1 heterocycles. The summed E-state index contributed by atoms with van der Waals surface area (Å²) in [6.45, 7) is 0. The summed E-state index contributed by atoms with van der Waals surface area (Å²) in [6, 6.07) is 6.50. The van der Waals surface area contributed by atoms with Gasteiger partial charge in [0.05, 0.1) is 11.1 Å². The molecule has 0 spiro atoms. The Morgan fingerprint density at radius 2 is 2.09 bits per heavy atom. The van der Waals surface area contributed by atoms with Gasteiger partial charge in [0.25, 0.3) is 5.91 Å². The number of hydrogen-bond donors (Lipinski definition) is 3. The van der Waals surface area contributed by atoms with Crippen molar-refractivity contribution in [1.29, 1.82) is 0 Å². The van der Waals surface area contributed by atoms with Gasteiger partial charge < -0.3 is 10.2 Å². The lowest BCUT2D eigenvalue weighted by Gasteiger charge is -2.08. The maximum Gasteiger partial charge on any atom is 0.281 e. The number of nitrogens with one attached hydrogen (secondary N) is 1. The van der Waals surface area contributed by atoms with E-state index < -0.39 is 0 Å². The Bertz CT molecular complexity index is 713. The molecular formula is C16H16N2O3S. The van der Waals surface area contributed by atoms with Gasteiger partial charge in [0, 0.05) is 10.4 Å². The molecule has 0 bridgehead atoms. The first-order chi connectivity index (χ1) is 10.6. The summed E-state index contributed by atoms with van der Waals surface area (Å²) in [6.07, 6.45) is 5.76. The molecule has 3 N–H and O–H groups in total. The van der Waals surface area contributed by atoms with Gasteiger partial charge in [0.15, 0.2) is 11.5 Å².